The van der Waals surface area contributed by atoms with Crippen LogP contribution in [0.2, 0.25) is 0 Å². The molecule has 0 radical (unpaired) electrons. The molecule has 1 fully saturated rings. The third-order valence-corrected chi connectivity index (χ3v) is 9.47. The zero-order valence-corrected chi connectivity index (χ0v) is 25.2. The summed E-state index contributed by atoms with van der Waals surface area (Å²) in [6, 6.07) is 9.04. The molecule has 11 nitrogen and oxygen atoms in total. The van der Waals surface area contributed by atoms with Crippen molar-refractivity contribution < 1.29 is 42.4 Å². The van der Waals surface area contributed by atoms with Gasteiger partial charge in [0.05, 0.1) is 29.1 Å². The summed E-state index contributed by atoms with van der Waals surface area (Å²) in [4.78, 5) is 35.3. The van der Waals surface area contributed by atoms with E-state index in [-0.39, 0.29) is 47.7 Å². The number of halogens is 2. The maximum absolute atomic E-state index is 13.8. The van der Waals surface area contributed by atoms with Gasteiger partial charge in [-0.3, -0.25) is 9.59 Å². The predicted molar refractivity (Wildman–Crippen MR) is 158 cm³/mol. The van der Waals surface area contributed by atoms with Crippen LogP contribution in [0.25, 0.3) is 21.5 Å². The summed E-state index contributed by atoms with van der Waals surface area (Å²) < 4.78 is 48.9. The molecule has 1 aliphatic carbocycles. The van der Waals surface area contributed by atoms with Crippen molar-refractivity contribution in [3.05, 3.63) is 58.2 Å². The number of pyridine rings is 1. The third kappa shape index (κ3) is 4.79. The lowest BCUT2D eigenvalue weighted by Gasteiger charge is -2.30. The molecule has 4 aromatic rings. The molecule has 1 unspecified atom stereocenters. The van der Waals surface area contributed by atoms with Crippen LogP contribution in [-0.2, 0) is 15.8 Å². The molecular formula is C31H28F2N4O7S. The van der Waals surface area contributed by atoms with Crippen molar-refractivity contribution in [2.75, 3.05) is 20.3 Å². The lowest BCUT2D eigenvalue weighted by atomic mass is 9.81. The molecule has 0 saturated heterocycles. The number of amides is 2. The highest BCUT2D eigenvalue weighted by molar-refractivity contribution is 7.18. The number of fused-ring (bicyclic) bond motifs is 3. The van der Waals surface area contributed by atoms with Gasteiger partial charge in [0.1, 0.15) is 40.3 Å². The molecule has 1 saturated carbocycles. The number of aliphatic hydroxyl groups is 1. The Morgan fingerprint density at radius 3 is 2.64 bits per heavy atom. The Kier molecular flexibility index (Phi) is 6.46. The van der Waals surface area contributed by atoms with Crippen LogP contribution in [0.4, 0.5) is 8.78 Å². The molecule has 234 valence electrons. The molecule has 2 aromatic heterocycles. The number of ether oxygens (including phenoxy) is 4. The molecule has 14 heteroatoms. The first kappa shape index (κ1) is 29.2. The zero-order valence-electron chi connectivity index (χ0n) is 24.4. The fourth-order valence-electron chi connectivity index (χ4n) is 5.82. The van der Waals surface area contributed by atoms with E-state index in [9.17, 15) is 23.5 Å². The monoisotopic (exact) mass is 638 g/mol. The van der Waals surface area contributed by atoms with E-state index in [0.29, 0.717) is 40.8 Å². The van der Waals surface area contributed by atoms with Crippen LogP contribution < -0.4 is 30.0 Å². The van der Waals surface area contributed by atoms with Crippen LogP contribution in [0, 0.1) is 12.8 Å². The second-order valence-corrected chi connectivity index (χ2v) is 12.9. The number of benzene rings is 2. The summed E-state index contributed by atoms with van der Waals surface area (Å²) in [6.45, 7) is 3.20. The largest absolute Gasteiger partial charge is 0.586 e. The average molecular weight is 639 g/mol. The number of nitrogens with two attached hydrogens (primary N) is 1. The van der Waals surface area contributed by atoms with Gasteiger partial charge in [0.15, 0.2) is 11.5 Å². The van der Waals surface area contributed by atoms with Gasteiger partial charge in [0.2, 0.25) is 5.91 Å². The summed E-state index contributed by atoms with van der Waals surface area (Å²) >= 11 is 1.43. The van der Waals surface area contributed by atoms with Gasteiger partial charge < -0.3 is 35.1 Å². The Balaban J connectivity index is 1.28. The minimum atomic E-state index is -3.82. The van der Waals surface area contributed by atoms with Gasteiger partial charge in [0, 0.05) is 16.7 Å². The fraction of sp³-hybridized carbons (Fsp3) is 0.355. The molecule has 2 aliphatic heterocycles. The van der Waals surface area contributed by atoms with E-state index in [0.717, 1.165) is 9.71 Å². The topological polar surface area (TPSA) is 155 Å². The van der Waals surface area contributed by atoms with Crippen molar-refractivity contribution in [3.63, 3.8) is 0 Å². The summed E-state index contributed by atoms with van der Waals surface area (Å²) in [5, 5.41) is 15.9. The second kappa shape index (κ2) is 9.97. The Hall–Kier alpha value is -4.56. The molecule has 45 heavy (non-hydrogen) atoms. The lowest BCUT2D eigenvalue weighted by Crippen LogP contribution is -2.44. The summed E-state index contributed by atoms with van der Waals surface area (Å²) in [6.07, 6.45) is -2.48. The first-order valence-corrected chi connectivity index (χ1v) is 15.0. The number of nitrogens with one attached hydrogen (secondary N) is 1. The number of aryl methyl sites for hydroxylation is 1. The van der Waals surface area contributed by atoms with Crippen LogP contribution in [0.15, 0.2) is 36.4 Å². The number of carbonyl (C=O) groups excluding carboxylic acids is 2. The van der Waals surface area contributed by atoms with Crippen molar-refractivity contribution in [3.8, 4) is 34.3 Å². The molecule has 4 heterocycles. The molecule has 2 aromatic carbocycles. The number of rotatable bonds is 8. The van der Waals surface area contributed by atoms with Gasteiger partial charge in [-0.25, -0.2) is 9.97 Å². The van der Waals surface area contributed by atoms with Crippen LogP contribution in [-0.4, -0.2) is 53.4 Å². The molecule has 2 atom stereocenters. The standard InChI is InChI=1S/C31H28F2N4O7S/c1-14-36-25-21(41-3)9-16(10-22(25)45-14)27(38)35-12-30(40,17-5-6-17)23-11-18-26(42-13-29(18,2)28(34)39)24(37-23)15-4-7-19-20(8-15)44-31(32,33)43-19/h4,7-11,17,40H,5-6,12-13H2,1-3H3,(H2,34,39)(H,35,38)/t29-,30?/m0/s1. The van der Waals surface area contributed by atoms with Gasteiger partial charge in [-0.05, 0) is 69.0 Å². The molecular weight excluding hydrogens is 610 g/mol. The highest BCUT2D eigenvalue weighted by Crippen LogP contribution is 2.51. The smallest absolute Gasteiger partial charge is 0.494 e. The minimum Gasteiger partial charge on any atom is -0.494 e. The number of primary amides is 1. The fourth-order valence-corrected chi connectivity index (χ4v) is 6.70. The lowest BCUT2D eigenvalue weighted by molar-refractivity contribution is -0.286. The Bertz CT molecular complexity index is 1910. The van der Waals surface area contributed by atoms with Gasteiger partial charge in [-0.1, -0.05) is 0 Å². The second-order valence-electron chi connectivity index (χ2n) is 11.7. The summed E-state index contributed by atoms with van der Waals surface area (Å²) in [7, 11) is 1.50. The van der Waals surface area contributed by atoms with E-state index in [4.69, 9.17) is 20.2 Å². The van der Waals surface area contributed by atoms with E-state index < -0.39 is 29.1 Å². The first-order chi connectivity index (χ1) is 21.3. The van der Waals surface area contributed by atoms with Gasteiger partial charge >= 0.3 is 6.29 Å². The van der Waals surface area contributed by atoms with E-state index >= 15 is 0 Å². The Labute approximate surface area is 259 Å². The first-order valence-electron chi connectivity index (χ1n) is 14.2. The number of hydrogen-bond donors (Lipinski definition) is 3. The quantitative estimate of drug-likeness (QED) is 0.258. The van der Waals surface area contributed by atoms with Crippen molar-refractivity contribution in [2.45, 2.75) is 44.0 Å². The molecule has 3 aliphatic rings. The molecule has 0 bridgehead atoms. The van der Waals surface area contributed by atoms with Crippen LogP contribution in [0.1, 0.15) is 46.4 Å². The number of hydrogen-bond acceptors (Lipinski definition) is 10. The predicted octanol–water partition coefficient (Wildman–Crippen LogP) is 4.16. The SMILES string of the molecule is COc1cc(C(=O)NCC(O)(c2cc3c(c(-c4ccc5c(c4)OC(F)(F)O5)n2)OC[C@]3(C)C(N)=O)C2CC2)cc2sc(C)nc12. The van der Waals surface area contributed by atoms with Gasteiger partial charge in [0.25, 0.3) is 5.91 Å². The van der Waals surface area contributed by atoms with E-state index in [2.05, 4.69) is 19.8 Å². The zero-order chi connectivity index (χ0) is 31.9. The maximum Gasteiger partial charge on any atom is 0.586 e. The number of thiazole rings is 1. The highest BCUT2D eigenvalue weighted by Gasteiger charge is 2.50. The molecule has 2 amide bonds. The maximum atomic E-state index is 13.8. The number of alkyl halides is 2. The minimum absolute atomic E-state index is 0.0849. The van der Waals surface area contributed by atoms with Gasteiger partial charge in [-0.15, -0.1) is 20.1 Å². The van der Waals surface area contributed by atoms with Crippen molar-refractivity contribution in [1.29, 1.82) is 0 Å². The Morgan fingerprint density at radius 1 is 1.18 bits per heavy atom. The number of aromatic nitrogens is 2. The Morgan fingerprint density at radius 2 is 1.93 bits per heavy atom. The van der Waals surface area contributed by atoms with E-state index in [1.54, 1.807) is 25.1 Å². The molecule has 0 spiro atoms. The van der Waals surface area contributed by atoms with Crippen molar-refractivity contribution in [2.24, 2.45) is 11.7 Å². The van der Waals surface area contributed by atoms with Crippen LogP contribution in [0.5, 0.6) is 23.0 Å². The van der Waals surface area contributed by atoms with E-state index in [1.165, 1.54) is 36.6 Å². The summed E-state index contributed by atoms with van der Waals surface area (Å²) in [5.74, 6) is -1.02. The van der Waals surface area contributed by atoms with E-state index in [1.807, 2.05) is 6.92 Å². The van der Waals surface area contributed by atoms with Crippen LogP contribution in [0.3, 0.4) is 0 Å². The third-order valence-electron chi connectivity index (χ3n) is 8.55. The number of nitrogens with zero attached hydrogens (tertiary/aromatic N) is 2. The molecule has 7 rings (SSSR count). The van der Waals surface area contributed by atoms with Crippen LogP contribution >= 0.6 is 11.3 Å². The normalized spacial score (nSPS) is 20.8. The highest BCUT2D eigenvalue weighted by atomic mass is 32.1. The van der Waals surface area contributed by atoms with Crippen molar-refractivity contribution >= 4 is 33.4 Å². The summed E-state index contributed by atoms with van der Waals surface area (Å²) in [5.41, 5.74) is 4.95. The average Bonchev–Trinajstić information content (AvgIpc) is 3.61. The number of methoxy groups -OCH3 is 1. The van der Waals surface area contributed by atoms with Gasteiger partial charge in [-0.2, -0.15) is 0 Å². The van der Waals surface area contributed by atoms with Crippen molar-refractivity contribution in [1.82, 2.24) is 15.3 Å². The molecule has 4 N–H and O–H groups in total. The number of carbonyl (C=O) groups is 2.